The van der Waals surface area contributed by atoms with Crippen molar-refractivity contribution >= 4 is 29.2 Å². The van der Waals surface area contributed by atoms with Gasteiger partial charge in [-0.05, 0) is 48.1 Å². The summed E-state index contributed by atoms with van der Waals surface area (Å²) in [5.41, 5.74) is 3.01. The molecule has 0 spiro atoms. The average molecular weight is 393 g/mol. The Labute approximate surface area is 171 Å². The Kier molecular flexibility index (Phi) is 6.01. The molecule has 1 aliphatic heterocycles. The lowest BCUT2D eigenvalue weighted by Gasteiger charge is -2.16. The predicted molar refractivity (Wildman–Crippen MR) is 114 cm³/mol. The van der Waals surface area contributed by atoms with Crippen LogP contribution in [0.4, 0.5) is 16.2 Å². The maximum atomic E-state index is 12.6. The van der Waals surface area contributed by atoms with Crippen LogP contribution in [0.3, 0.4) is 0 Å². The Morgan fingerprint density at radius 1 is 0.966 bits per heavy atom. The molecule has 0 saturated heterocycles. The second-order valence-corrected chi connectivity index (χ2v) is 7.85. The standard InChI is InChI=1S/C23H27N3O3/c1-5-15(4)17-8-6-7-9-20(17)25-23(29)24-16-10-11-18-19(12-16)22(28)26(21(18)27)13-14(2)3/h6-12,14-15H,5,13H2,1-4H3,(H2,24,25,29). The maximum Gasteiger partial charge on any atom is 0.323 e. The Balaban J connectivity index is 1.75. The van der Waals surface area contributed by atoms with Crippen LogP contribution in [0.25, 0.3) is 0 Å². The highest BCUT2D eigenvalue weighted by Gasteiger charge is 2.35. The molecule has 3 rings (SSSR count). The molecule has 6 nitrogen and oxygen atoms in total. The molecule has 0 saturated carbocycles. The highest BCUT2D eigenvalue weighted by molar-refractivity contribution is 6.22. The van der Waals surface area contributed by atoms with Gasteiger partial charge in [0, 0.05) is 17.9 Å². The summed E-state index contributed by atoms with van der Waals surface area (Å²) in [6.07, 6.45) is 0.966. The van der Waals surface area contributed by atoms with Crippen molar-refractivity contribution in [2.75, 3.05) is 17.2 Å². The number of fused-ring (bicyclic) bond motifs is 1. The first kappa shape index (κ1) is 20.6. The number of nitrogens with one attached hydrogen (secondary N) is 2. The van der Waals surface area contributed by atoms with Gasteiger partial charge in [0.15, 0.2) is 0 Å². The van der Waals surface area contributed by atoms with Crippen LogP contribution in [0.1, 0.15) is 66.3 Å². The number of benzene rings is 2. The summed E-state index contributed by atoms with van der Waals surface area (Å²) in [4.78, 5) is 38.8. The van der Waals surface area contributed by atoms with Gasteiger partial charge >= 0.3 is 6.03 Å². The molecule has 6 heteroatoms. The Hall–Kier alpha value is -3.15. The molecule has 0 aromatic heterocycles. The predicted octanol–water partition coefficient (Wildman–Crippen LogP) is 5.10. The summed E-state index contributed by atoms with van der Waals surface area (Å²) in [7, 11) is 0. The first-order valence-electron chi connectivity index (χ1n) is 9.99. The molecular weight excluding hydrogens is 366 g/mol. The van der Waals surface area contributed by atoms with Gasteiger partial charge in [-0.15, -0.1) is 0 Å². The molecule has 1 heterocycles. The number of urea groups is 1. The van der Waals surface area contributed by atoms with Crippen molar-refractivity contribution in [3.05, 3.63) is 59.2 Å². The van der Waals surface area contributed by atoms with Crippen molar-refractivity contribution < 1.29 is 14.4 Å². The molecule has 2 aromatic rings. The van der Waals surface area contributed by atoms with E-state index in [4.69, 9.17) is 0 Å². The molecule has 2 N–H and O–H groups in total. The number of carbonyl (C=O) groups is 3. The normalized spacial score (nSPS) is 14.2. The van der Waals surface area contributed by atoms with Crippen LogP contribution >= 0.6 is 0 Å². The smallest absolute Gasteiger partial charge is 0.308 e. The fraction of sp³-hybridized carbons (Fsp3) is 0.348. The van der Waals surface area contributed by atoms with Crippen molar-refractivity contribution in [3.63, 3.8) is 0 Å². The number of para-hydroxylation sites is 1. The van der Waals surface area contributed by atoms with Gasteiger partial charge in [-0.1, -0.05) is 45.9 Å². The van der Waals surface area contributed by atoms with E-state index >= 15 is 0 Å². The number of nitrogens with zero attached hydrogens (tertiary/aromatic N) is 1. The van der Waals surface area contributed by atoms with Gasteiger partial charge in [-0.3, -0.25) is 14.5 Å². The van der Waals surface area contributed by atoms with Gasteiger partial charge in [-0.2, -0.15) is 0 Å². The van der Waals surface area contributed by atoms with Gasteiger partial charge in [0.05, 0.1) is 11.1 Å². The Bertz CT molecular complexity index is 952. The molecule has 29 heavy (non-hydrogen) atoms. The molecule has 2 aromatic carbocycles. The zero-order valence-electron chi connectivity index (χ0n) is 17.3. The molecule has 0 bridgehead atoms. The molecule has 0 radical (unpaired) electrons. The third kappa shape index (κ3) is 4.31. The summed E-state index contributed by atoms with van der Waals surface area (Å²) in [5.74, 6) is -0.0877. The van der Waals surface area contributed by atoms with Crippen LogP contribution in [-0.2, 0) is 0 Å². The van der Waals surface area contributed by atoms with Crippen LogP contribution < -0.4 is 10.6 Å². The summed E-state index contributed by atoms with van der Waals surface area (Å²) in [6.45, 7) is 8.51. The van der Waals surface area contributed by atoms with E-state index in [1.807, 2.05) is 38.1 Å². The van der Waals surface area contributed by atoms with Crippen molar-refractivity contribution in [3.8, 4) is 0 Å². The minimum atomic E-state index is -0.392. The maximum absolute atomic E-state index is 12.6. The van der Waals surface area contributed by atoms with Gasteiger partial charge < -0.3 is 10.6 Å². The van der Waals surface area contributed by atoms with E-state index in [2.05, 4.69) is 24.5 Å². The van der Waals surface area contributed by atoms with Gasteiger partial charge in [0.25, 0.3) is 11.8 Å². The third-order valence-electron chi connectivity index (χ3n) is 5.13. The Morgan fingerprint density at radius 2 is 1.66 bits per heavy atom. The van der Waals surface area contributed by atoms with Gasteiger partial charge in [-0.25, -0.2) is 4.79 Å². The molecular formula is C23H27N3O3. The number of carbonyl (C=O) groups excluding carboxylic acids is 3. The average Bonchev–Trinajstić information content (AvgIpc) is 2.92. The van der Waals surface area contributed by atoms with E-state index in [-0.39, 0.29) is 17.7 Å². The zero-order valence-corrected chi connectivity index (χ0v) is 17.3. The van der Waals surface area contributed by atoms with E-state index in [0.717, 1.165) is 17.7 Å². The van der Waals surface area contributed by atoms with E-state index in [1.165, 1.54) is 4.90 Å². The number of rotatable bonds is 6. The molecule has 1 unspecified atom stereocenters. The lowest BCUT2D eigenvalue weighted by molar-refractivity contribution is 0.0636. The fourth-order valence-corrected chi connectivity index (χ4v) is 3.44. The summed E-state index contributed by atoms with van der Waals surface area (Å²) < 4.78 is 0. The van der Waals surface area contributed by atoms with Crippen LogP contribution in [0.15, 0.2) is 42.5 Å². The molecule has 152 valence electrons. The molecule has 1 aliphatic rings. The fourth-order valence-electron chi connectivity index (χ4n) is 3.44. The van der Waals surface area contributed by atoms with Gasteiger partial charge in [0.2, 0.25) is 0 Å². The van der Waals surface area contributed by atoms with Crippen molar-refractivity contribution in [1.29, 1.82) is 0 Å². The molecule has 4 amide bonds. The van der Waals surface area contributed by atoms with E-state index in [1.54, 1.807) is 18.2 Å². The number of hydrogen-bond donors (Lipinski definition) is 2. The number of amides is 4. The highest BCUT2D eigenvalue weighted by Crippen LogP contribution is 2.28. The quantitative estimate of drug-likeness (QED) is 0.671. The van der Waals surface area contributed by atoms with Crippen molar-refractivity contribution in [1.82, 2.24) is 4.90 Å². The van der Waals surface area contributed by atoms with Crippen molar-refractivity contribution in [2.24, 2.45) is 5.92 Å². The monoisotopic (exact) mass is 393 g/mol. The second kappa shape index (κ2) is 8.47. The van der Waals surface area contributed by atoms with E-state index in [0.29, 0.717) is 29.3 Å². The second-order valence-electron chi connectivity index (χ2n) is 7.85. The molecule has 1 atom stereocenters. The summed E-state index contributed by atoms with van der Waals surface area (Å²) >= 11 is 0. The topological polar surface area (TPSA) is 78.5 Å². The van der Waals surface area contributed by atoms with Crippen LogP contribution in [-0.4, -0.2) is 29.3 Å². The lowest BCUT2D eigenvalue weighted by Crippen LogP contribution is -2.33. The lowest BCUT2D eigenvalue weighted by atomic mass is 9.97. The Morgan fingerprint density at radius 3 is 2.34 bits per heavy atom. The van der Waals surface area contributed by atoms with Gasteiger partial charge in [0.1, 0.15) is 0 Å². The van der Waals surface area contributed by atoms with E-state index < -0.39 is 6.03 Å². The van der Waals surface area contributed by atoms with Crippen LogP contribution in [0.5, 0.6) is 0 Å². The number of anilines is 2. The minimum absolute atomic E-state index is 0.186. The highest BCUT2D eigenvalue weighted by atomic mass is 16.2. The summed E-state index contributed by atoms with van der Waals surface area (Å²) in [5, 5.41) is 5.65. The number of hydrogen-bond acceptors (Lipinski definition) is 3. The largest absolute Gasteiger partial charge is 0.323 e. The first-order chi connectivity index (χ1) is 13.8. The van der Waals surface area contributed by atoms with Crippen molar-refractivity contribution in [2.45, 2.75) is 40.0 Å². The van der Waals surface area contributed by atoms with Crippen LogP contribution in [0, 0.1) is 5.92 Å². The zero-order chi connectivity index (χ0) is 21.1. The molecule has 0 fully saturated rings. The molecule has 0 aliphatic carbocycles. The van der Waals surface area contributed by atoms with Crippen LogP contribution in [0.2, 0.25) is 0 Å². The van der Waals surface area contributed by atoms with E-state index in [9.17, 15) is 14.4 Å². The SMILES string of the molecule is CCC(C)c1ccccc1NC(=O)Nc1ccc2c(c1)C(=O)N(CC(C)C)C2=O. The minimum Gasteiger partial charge on any atom is -0.308 e. The third-order valence-corrected chi connectivity index (χ3v) is 5.13. The summed E-state index contributed by atoms with van der Waals surface area (Å²) in [6, 6.07) is 12.1. The number of imide groups is 1. The first-order valence-corrected chi connectivity index (χ1v) is 9.99.